The Labute approximate surface area is 111 Å². The van der Waals surface area contributed by atoms with Crippen LogP contribution in [0.2, 0.25) is 0 Å². The van der Waals surface area contributed by atoms with Crippen LogP contribution in [0.5, 0.6) is 11.5 Å². The molecule has 94 valence electrons. The molecule has 19 heavy (non-hydrogen) atoms. The molecule has 2 nitrogen and oxygen atoms in total. The molecule has 0 aliphatic carbocycles. The summed E-state index contributed by atoms with van der Waals surface area (Å²) in [6.45, 7) is 0. The highest BCUT2D eigenvalue weighted by atomic mass is 16.3. The van der Waals surface area contributed by atoms with Crippen LogP contribution in [0, 0.1) is 0 Å². The molecule has 0 radical (unpaired) electrons. The van der Waals surface area contributed by atoms with Crippen molar-refractivity contribution in [2.24, 2.45) is 0 Å². The lowest BCUT2D eigenvalue weighted by Crippen LogP contribution is -1.89. The highest BCUT2D eigenvalue weighted by Crippen LogP contribution is 2.30. The van der Waals surface area contributed by atoms with Crippen molar-refractivity contribution in [2.75, 3.05) is 0 Å². The van der Waals surface area contributed by atoms with E-state index in [-0.39, 0.29) is 5.75 Å². The average molecular weight is 250 g/mol. The monoisotopic (exact) mass is 250 g/mol. The molecular formula is C17H14O2. The van der Waals surface area contributed by atoms with Crippen LogP contribution in [0.25, 0.3) is 10.8 Å². The summed E-state index contributed by atoms with van der Waals surface area (Å²) >= 11 is 0. The third-order valence-electron chi connectivity index (χ3n) is 3.32. The fourth-order valence-electron chi connectivity index (χ4n) is 2.28. The third-order valence-corrected chi connectivity index (χ3v) is 3.32. The van der Waals surface area contributed by atoms with E-state index in [2.05, 4.69) is 0 Å². The van der Waals surface area contributed by atoms with Gasteiger partial charge in [0, 0.05) is 11.8 Å². The molecule has 0 aliphatic heterocycles. The van der Waals surface area contributed by atoms with Gasteiger partial charge in [0.15, 0.2) is 0 Å². The van der Waals surface area contributed by atoms with Crippen LogP contribution >= 0.6 is 0 Å². The van der Waals surface area contributed by atoms with E-state index in [0.29, 0.717) is 12.2 Å². The maximum absolute atomic E-state index is 10.3. The fraction of sp³-hybridized carbons (Fsp3) is 0.0588. The van der Waals surface area contributed by atoms with Crippen LogP contribution in [0.15, 0.2) is 60.7 Å². The van der Waals surface area contributed by atoms with Crippen molar-refractivity contribution in [3.05, 3.63) is 71.8 Å². The summed E-state index contributed by atoms with van der Waals surface area (Å²) in [7, 11) is 0. The van der Waals surface area contributed by atoms with Crippen LogP contribution < -0.4 is 0 Å². The molecule has 0 spiro atoms. The Kier molecular flexibility index (Phi) is 2.84. The largest absolute Gasteiger partial charge is 0.508 e. The normalized spacial score (nSPS) is 10.7. The minimum absolute atomic E-state index is 0.256. The Morgan fingerprint density at radius 2 is 1.47 bits per heavy atom. The lowest BCUT2D eigenvalue weighted by atomic mass is 10.00. The molecule has 0 aliphatic rings. The number of aromatic hydroxyl groups is 2. The first kappa shape index (κ1) is 11.6. The number of fused-ring (bicyclic) bond motifs is 1. The summed E-state index contributed by atoms with van der Waals surface area (Å²) in [4.78, 5) is 0. The number of phenolic OH excluding ortho intramolecular Hbond substituents is 2. The number of phenols is 2. The predicted octanol–water partition coefficient (Wildman–Crippen LogP) is 3.84. The van der Waals surface area contributed by atoms with Crippen molar-refractivity contribution in [2.45, 2.75) is 6.42 Å². The van der Waals surface area contributed by atoms with E-state index in [1.54, 1.807) is 12.1 Å². The zero-order valence-electron chi connectivity index (χ0n) is 10.4. The molecule has 3 rings (SSSR count). The lowest BCUT2D eigenvalue weighted by molar-refractivity contribution is 0.474. The maximum atomic E-state index is 10.3. The van der Waals surface area contributed by atoms with Crippen LogP contribution in [-0.2, 0) is 6.42 Å². The molecule has 0 bridgehead atoms. The standard InChI is InChI=1S/C17H14O2/c18-15-9-5-12(6-10-15)11-14-8-7-13-3-1-2-4-16(13)17(14)19/h1-10,18-19H,11H2. The summed E-state index contributed by atoms with van der Waals surface area (Å²) in [6.07, 6.45) is 0.650. The van der Waals surface area contributed by atoms with Gasteiger partial charge in [0.2, 0.25) is 0 Å². The van der Waals surface area contributed by atoms with Gasteiger partial charge in [0.25, 0.3) is 0 Å². The summed E-state index contributed by atoms with van der Waals surface area (Å²) in [5.41, 5.74) is 1.95. The van der Waals surface area contributed by atoms with Crippen LogP contribution in [-0.4, -0.2) is 10.2 Å². The van der Waals surface area contributed by atoms with Crippen molar-refractivity contribution in [3.8, 4) is 11.5 Å². The van der Waals surface area contributed by atoms with E-state index in [0.717, 1.165) is 21.9 Å². The van der Waals surface area contributed by atoms with E-state index < -0.39 is 0 Å². The Morgan fingerprint density at radius 1 is 0.737 bits per heavy atom. The molecule has 0 amide bonds. The molecule has 0 atom stereocenters. The summed E-state index contributed by atoms with van der Waals surface area (Å²) in [5, 5.41) is 21.5. The molecule has 2 heteroatoms. The second-order valence-electron chi connectivity index (χ2n) is 4.64. The van der Waals surface area contributed by atoms with E-state index in [4.69, 9.17) is 0 Å². The minimum Gasteiger partial charge on any atom is -0.508 e. The van der Waals surface area contributed by atoms with Crippen molar-refractivity contribution in [1.82, 2.24) is 0 Å². The van der Waals surface area contributed by atoms with E-state index in [1.165, 1.54) is 0 Å². The van der Waals surface area contributed by atoms with Gasteiger partial charge >= 0.3 is 0 Å². The number of benzene rings is 3. The van der Waals surface area contributed by atoms with Gasteiger partial charge in [-0.2, -0.15) is 0 Å². The van der Waals surface area contributed by atoms with E-state index in [9.17, 15) is 10.2 Å². The van der Waals surface area contributed by atoms with Gasteiger partial charge in [0.1, 0.15) is 11.5 Å². The maximum Gasteiger partial charge on any atom is 0.126 e. The second-order valence-corrected chi connectivity index (χ2v) is 4.64. The quantitative estimate of drug-likeness (QED) is 0.725. The molecule has 0 saturated carbocycles. The van der Waals surface area contributed by atoms with Crippen molar-refractivity contribution < 1.29 is 10.2 Å². The topological polar surface area (TPSA) is 40.5 Å². The molecule has 0 saturated heterocycles. The van der Waals surface area contributed by atoms with Crippen molar-refractivity contribution >= 4 is 10.8 Å². The summed E-state index contributed by atoms with van der Waals surface area (Å²) < 4.78 is 0. The molecule has 3 aromatic rings. The molecule has 2 N–H and O–H groups in total. The first-order valence-corrected chi connectivity index (χ1v) is 6.21. The van der Waals surface area contributed by atoms with Gasteiger partial charge in [-0.05, 0) is 28.6 Å². The lowest BCUT2D eigenvalue weighted by Gasteiger charge is -2.08. The summed E-state index contributed by atoms with van der Waals surface area (Å²) in [6, 6.07) is 18.8. The Balaban J connectivity index is 2.01. The molecule has 0 heterocycles. The number of hydrogen-bond acceptors (Lipinski definition) is 2. The van der Waals surface area contributed by atoms with Crippen LogP contribution in [0.3, 0.4) is 0 Å². The SMILES string of the molecule is Oc1ccc(Cc2ccc3ccccc3c2O)cc1. The van der Waals surface area contributed by atoms with Gasteiger partial charge in [-0.15, -0.1) is 0 Å². The zero-order valence-corrected chi connectivity index (χ0v) is 10.4. The molecule has 0 unspecified atom stereocenters. The molecule has 0 fully saturated rings. The molecule has 0 aromatic heterocycles. The van der Waals surface area contributed by atoms with Gasteiger partial charge < -0.3 is 10.2 Å². The Hall–Kier alpha value is -2.48. The van der Waals surface area contributed by atoms with Crippen molar-refractivity contribution in [1.29, 1.82) is 0 Å². The van der Waals surface area contributed by atoms with Crippen LogP contribution in [0.4, 0.5) is 0 Å². The number of rotatable bonds is 2. The Bertz CT molecular complexity index is 715. The molecule has 3 aromatic carbocycles. The average Bonchev–Trinajstić information content (AvgIpc) is 2.45. The smallest absolute Gasteiger partial charge is 0.126 e. The van der Waals surface area contributed by atoms with Gasteiger partial charge in [-0.25, -0.2) is 0 Å². The Morgan fingerprint density at radius 3 is 2.26 bits per heavy atom. The highest BCUT2D eigenvalue weighted by molar-refractivity contribution is 5.89. The third kappa shape index (κ3) is 2.25. The predicted molar refractivity (Wildman–Crippen MR) is 76.5 cm³/mol. The van der Waals surface area contributed by atoms with Crippen molar-refractivity contribution in [3.63, 3.8) is 0 Å². The first-order valence-electron chi connectivity index (χ1n) is 6.21. The minimum atomic E-state index is 0.256. The highest BCUT2D eigenvalue weighted by Gasteiger charge is 2.06. The van der Waals surface area contributed by atoms with Gasteiger partial charge in [-0.3, -0.25) is 0 Å². The fourth-order valence-corrected chi connectivity index (χ4v) is 2.28. The van der Waals surface area contributed by atoms with Crippen LogP contribution in [0.1, 0.15) is 11.1 Å². The number of hydrogen-bond donors (Lipinski definition) is 2. The van der Waals surface area contributed by atoms with Gasteiger partial charge in [0.05, 0.1) is 0 Å². The van der Waals surface area contributed by atoms with Gasteiger partial charge in [-0.1, -0.05) is 48.5 Å². The second kappa shape index (κ2) is 4.65. The van der Waals surface area contributed by atoms with E-state index >= 15 is 0 Å². The molecular weight excluding hydrogens is 236 g/mol. The zero-order chi connectivity index (χ0) is 13.2. The first-order chi connectivity index (χ1) is 9.24. The summed E-state index contributed by atoms with van der Waals surface area (Å²) in [5.74, 6) is 0.595. The van der Waals surface area contributed by atoms with E-state index in [1.807, 2.05) is 48.5 Å².